The monoisotopic (exact) mass is 1010 g/mol. The summed E-state index contributed by atoms with van der Waals surface area (Å²) < 4.78 is 39.4. The summed E-state index contributed by atoms with van der Waals surface area (Å²) in [7, 11) is -4.74. The lowest BCUT2D eigenvalue weighted by atomic mass is 10.0. The van der Waals surface area contributed by atoms with Crippen LogP contribution in [0.3, 0.4) is 0 Å². The molecule has 408 valence electrons. The van der Waals surface area contributed by atoms with Gasteiger partial charge < -0.3 is 24.2 Å². The number of phosphoric acid groups is 1. The van der Waals surface area contributed by atoms with Crippen molar-refractivity contribution in [3.05, 3.63) is 48.6 Å². The number of carbonyl (C=O) groups is 3. The summed E-state index contributed by atoms with van der Waals surface area (Å²) in [4.78, 5) is 48.4. The molecule has 11 nitrogen and oxygen atoms in total. The molecule has 0 aromatic carbocycles. The van der Waals surface area contributed by atoms with E-state index in [1.54, 1.807) is 0 Å². The summed E-state index contributed by atoms with van der Waals surface area (Å²) in [6.45, 7) is 4.51. The minimum Gasteiger partial charge on any atom is -0.462 e. The molecule has 2 N–H and O–H groups in total. The molecule has 0 fully saturated rings. The van der Waals surface area contributed by atoms with Crippen LogP contribution in [0.25, 0.3) is 0 Å². The molecule has 0 aliphatic heterocycles. The number of hydrogen-bond acceptors (Lipinski definition) is 10. The first-order valence-electron chi connectivity index (χ1n) is 28.5. The molecular formula is C58H105O11P. The number of ether oxygens (including phenoxy) is 3. The van der Waals surface area contributed by atoms with Crippen LogP contribution in [0.5, 0.6) is 0 Å². The highest BCUT2D eigenvalue weighted by atomic mass is 31.2. The Kier molecular flexibility index (Phi) is 50.8. The Morgan fingerprint density at radius 1 is 0.414 bits per heavy atom. The summed E-state index contributed by atoms with van der Waals surface area (Å²) in [5.74, 6) is -1.48. The third-order valence-corrected chi connectivity index (χ3v) is 13.2. The van der Waals surface area contributed by atoms with E-state index < -0.39 is 57.8 Å². The summed E-state index contributed by atoms with van der Waals surface area (Å²) in [6.07, 6.45) is 55.1. The summed E-state index contributed by atoms with van der Waals surface area (Å²) in [6, 6.07) is 0. The number of aliphatic hydroxyl groups excluding tert-OH is 1. The van der Waals surface area contributed by atoms with Gasteiger partial charge in [-0.2, -0.15) is 0 Å². The highest BCUT2D eigenvalue weighted by molar-refractivity contribution is 7.47. The lowest BCUT2D eigenvalue weighted by Gasteiger charge is -2.21. The van der Waals surface area contributed by atoms with Crippen LogP contribution in [0.2, 0.25) is 0 Å². The Morgan fingerprint density at radius 2 is 0.743 bits per heavy atom. The highest BCUT2D eigenvalue weighted by Crippen LogP contribution is 2.43. The van der Waals surface area contributed by atoms with Crippen molar-refractivity contribution in [2.45, 2.75) is 277 Å². The number of carbonyl (C=O) groups excluding carboxylic acids is 3. The molecule has 0 rings (SSSR count). The van der Waals surface area contributed by atoms with Gasteiger partial charge in [0.1, 0.15) is 12.7 Å². The first-order chi connectivity index (χ1) is 34.2. The van der Waals surface area contributed by atoms with Crippen LogP contribution in [-0.4, -0.2) is 66.5 Å². The van der Waals surface area contributed by atoms with Crippen LogP contribution in [0, 0.1) is 0 Å². The maximum atomic E-state index is 12.9. The van der Waals surface area contributed by atoms with Gasteiger partial charge in [0.2, 0.25) is 0 Å². The van der Waals surface area contributed by atoms with Gasteiger partial charge in [0.15, 0.2) is 6.10 Å². The van der Waals surface area contributed by atoms with Crippen LogP contribution in [0.1, 0.15) is 265 Å². The van der Waals surface area contributed by atoms with Gasteiger partial charge in [-0.15, -0.1) is 0 Å². The van der Waals surface area contributed by atoms with Crippen molar-refractivity contribution < 1.29 is 52.2 Å². The molecule has 0 aromatic heterocycles. The molecule has 70 heavy (non-hydrogen) atoms. The average Bonchev–Trinajstić information content (AvgIpc) is 3.35. The second-order valence-corrected chi connectivity index (χ2v) is 20.5. The fourth-order valence-electron chi connectivity index (χ4n) is 7.94. The number of esters is 3. The summed E-state index contributed by atoms with van der Waals surface area (Å²) in [5, 5.41) is 9.77. The van der Waals surface area contributed by atoms with E-state index in [-0.39, 0.29) is 25.9 Å². The van der Waals surface area contributed by atoms with Gasteiger partial charge in [-0.05, 0) is 57.8 Å². The van der Waals surface area contributed by atoms with Gasteiger partial charge in [0.05, 0.1) is 19.8 Å². The summed E-state index contributed by atoms with van der Waals surface area (Å²) in [5.41, 5.74) is 0. The predicted molar refractivity (Wildman–Crippen MR) is 289 cm³/mol. The van der Waals surface area contributed by atoms with E-state index >= 15 is 0 Å². The number of rotatable bonds is 53. The molecule has 0 amide bonds. The van der Waals surface area contributed by atoms with E-state index in [4.69, 9.17) is 23.3 Å². The fourth-order valence-corrected chi connectivity index (χ4v) is 8.72. The van der Waals surface area contributed by atoms with E-state index in [0.29, 0.717) is 19.3 Å². The van der Waals surface area contributed by atoms with Gasteiger partial charge in [0.25, 0.3) is 0 Å². The highest BCUT2D eigenvalue weighted by Gasteiger charge is 2.28. The predicted octanol–water partition coefficient (Wildman–Crippen LogP) is 16.6. The van der Waals surface area contributed by atoms with Crippen molar-refractivity contribution in [2.24, 2.45) is 0 Å². The smallest absolute Gasteiger partial charge is 0.462 e. The molecule has 0 aliphatic carbocycles. The zero-order valence-electron chi connectivity index (χ0n) is 45.0. The van der Waals surface area contributed by atoms with Gasteiger partial charge >= 0.3 is 25.7 Å². The molecule has 0 bridgehead atoms. The molecule has 0 saturated heterocycles. The van der Waals surface area contributed by atoms with E-state index in [1.807, 2.05) is 0 Å². The minimum atomic E-state index is -4.74. The molecule has 0 spiro atoms. The van der Waals surface area contributed by atoms with E-state index in [2.05, 4.69) is 69.4 Å². The van der Waals surface area contributed by atoms with Crippen molar-refractivity contribution in [3.8, 4) is 0 Å². The molecule has 3 atom stereocenters. The molecule has 3 unspecified atom stereocenters. The first kappa shape index (κ1) is 67.4. The van der Waals surface area contributed by atoms with E-state index in [0.717, 1.165) is 89.9 Å². The largest absolute Gasteiger partial charge is 0.472 e. The topological polar surface area (TPSA) is 155 Å². The van der Waals surface area contributed by atoms with Crippen molar-refractivity contribution >= 4 is 25.7 Å². The molecule has 0 aromatic rings. The van der Waals surface area contributed by atoms with Crippen LogP contribution in [-0.2, 0) is 42.2 Å². The molecule has 12 heteroatoms. The average molecular weight is 1010 g/mol. The second kappa shape index (κ2) is 52.8. The quantitative estimate of drug-likeness (QED) is 0.0197. The van der Waals surface area contributed by atoms with Crippen LogP contribution in [0.4, 0.5) is 0 Å². The SMILES string of the molecule is CC/C=C\C/C=C\C/C=C\C/C=C\CCCCCCC(=O)OC(COC(=O)CCCCCCCCCCCCCCCCCCC)COP(=O)(O)OCC(CO)OC(=O)CCCCCCCCCCC. The van der Waals surface area contributed by atoms with Crippen LogP contribution < -0.4 is 0 Å². The minimum absolute atomic E-state index is 0.142. The van der Waals surface area contributed by atoms with E-state index in [9.17, 15) is 28.9 Å². The normalized spacial score (nSPS) is 13.7. The Bertz CT molecular complexity index is 1360. The lowest BCUT2D eigenvalue weighted by Crippen LogP contribution is -2.30. The molecule has 0 radical (unpaired) electrons. The van der Waals surface area contributed by atoms with E-state index in [1.165, 1.54) is 116 Å². The second-order valence-electron chi connectivity index (χ2n) is 19.1. The molecular weight excluding hydrogens is 904 g/mol. The first-order valence-corrected chi connectivity index (χ1v) is 30.0. The Morgan fingerprint density at radius 3 is 1.14 bits per heavy atom. The lowest BCUT2D eigenvalue weighted by molar-refractivity contribution is -0.161. The number of aliphatic hydroxyl groups is 1. The molecule has 0 aliphatic rings. The van der Waals surface area contributed by atoms with Crippen molar-refractivity contribution in [3.63, 3.8) is 0 Å². The number of unbranched alkanes of at least 4 members (excludes halogenated alkanes) is 28. The summed E-state index contributed by atoms with van der Waals surface area (Å²) >= 11 is 0. The van der Waals surface area contributed by atoms with Gasteiger partial charge in [0, 0.05) is 19.3 Å². The standard InChI is InChI=1S/C58H105O11P/c1-4-7-10-13-16-19-21-23-25-27-29-31-33-36-38-41-44-47-56(60)65-51-55(69-58(62)49-46-43-40-37-34-32-30-28-26-24-22-20-17-14-11-8-5-2)53-67-70(63,64)66-52-54(50-59)68-57(61)48-45-42-39-35-18-15-12-9-6-3/h8,11,17,20,24,26,30,32,54-55,59H,4-7,9-10,12-16,18-19,21-23,25,27-29,31,33-53H2,1-3H3,(H,63,64)/b11-8-,20-17-,26-24-,32-30-. The van der Waals surface area contributed by atoms with Gasteiger partial charge in [-0.3, -0.25) is 23.4 Å². The Hall–Kier alpha value is -2.56. The van der Waals surface area contributed by atoms with Crippen molar-refractivity contribution in [1.82, 2.24) is 0 Å². The number of hydrogen-bond donors (Lipinski definition) is 2. The van der Waals surface area contributed by atoms with Gasteiger partial charge in [-0.25, -0.2) is 4.57 Å². The maximum Gasteiger partial charge on any atom is 0.472 e. The third kappa shape index (κ3) is 50.4. The number of allylic oxidation sites excluding steroid dienone is 8. The van der Waals surface area contributed by atoms with Crippen LogP contribution >= 0.6 is 7.82 Å². The zero-order valence-corrected chi connectivity index (χ0v) is 45.9. The van der Waals surface area contributed by atoms with Gasteiger partial charge in [-0.1, -0.05) is 236 Å². The fraction of sp³-hybridized carbons (Fsp3) is 0.810. The zero-order chi connectivity index (χ0) is 51.3. The molecule has 0 heterocycles. The number of phosphoric ester groups is 1. The Balaban J connectivity index is 4.73. The maximum absolute atomic E-state index is 12.9. The van der Waals surface area contributed by atoms with Crippen molar-refractivity contribution in [2.75, 3.05) is 26.4 Å². The van der Waals surface area contributed by atoms with Crippen molar-refractivity contribution in [1.29, 1.82) is 0 Å². The molecule has 0 saturated carbocycles. The van der Waals surface area contributed by atoms with Crippen LogP contribution in [0.15, 0.2) is 48.6 Å². The Labute approximate surface area is 428 Å². The third-order valence-electron chi connectivity index (χ3n) is 12.3.